The summed E-state index contributed by atoms with van der Waals surface area (Å²) in [6, 6.07) is 5.31. The van der Waals surface area contributed by atoms with Gasteiger partial charge in [-0.05, 0) is 32.2 Å². The van der Waals surface area contributed by atoms with Gasteiger partial charge in [-0.15, -0.1) is 0 Å². The molecule has 0 amide bonds. The van der Waals surface area contributed by atoms with Crippen LogP contribution in [0.5, 0.6) is 0 Å². The molecule has 0 fully saturated rings. The van der Waals surface area contributed by atoms with Gasteiger partial charge < -0.3 is 5.11 Å². The minimum atomic E-state index is -1.07. The minimum absolute atomic E-state index is 0.192. The standard InChI is InChI=1S/C15H17N5O2S/c1-15(2,22)10-6-5-7-11(17-10)20-12-9(13(21)19(20)3)8-16-14(18-12)23-4/h5-8,22H,1-4H3. The fourth-order valence-electron chi connectivity index (χ4n) is 2.32. The highest BCUT2D eigenvalue weighted by Gasteiger charge is 2.20. The summed E-state index contributed by atoms with van der Waals surface area (Å²) in [6.45, 7) is 3.33. The van der Waals surface area contributed by atoms with Crippen molar-refractivity contribution in [2.24, 2.45) is 7.05 Å². The van der Waals surface area contributed by atoms with E-state index in [1.165, 1.54) is 22.6 Å². The summed E-state index contributed by atoms with van der Waals surface area (Å²) < 4.78 is 3.08. The zero-order valence-electron chi connectivity index (χ0n) is 13.3. The Bertz CT molecular complexity index is 939. The van der Waals surface area contributed by atoms with E-state index in [1.54, 1.807) is 43.8 Å². The lowest BCUT2D eigenvalue weighted by Crippen LogP contribution is -2.21. The molecule has 7 nitrogen and oxygen atoms in total. The van der Waals surface area contributed by atoms with Crippen LogP contribution in [0.15, 0.2) is 34.3 Å². The number of hydrogen-bond donors (Lipinski definition) is 1. The number of hydrogen-bond acceptors (Lipinski definition) is 6. The molecule has 3 aromatic rings. The largest absolute Gasteiger partial charge is 0.384 e. The summed E-state index contributed by atoms with van der Waals surface area (Å²) in [7, 11) is 1.65. The lowest BCUT2D eigenvalue weighted by molar-refractivity contribution is 0.0738. The van der Waals surface area contributed by atoms with Crippen molar-refractivity contribution in [3.63, 3.8) is 0 Å². The Morgan fingerprint density at radius 2 is 2.00 bits per heavy atom. The Hall–Kier alpha value is -2.19. The first-order chi connectivity index (χ1) is 10.8. The number of aromatic nitrogens is 5. The number of fused-ring (bicyclic) bond motifs is 1. The third kappa shape index (κ3) is 2.64. The minimum Gasteiger partial charge on any atom is -0.384 e. The molecule has 0 saturated heterocycles. The molecule has 0 aliphatic rings. The van der Waals surface area contributed by atoms with Crippen molar-refractivity contribution in [1.29, 1.82) is 0 Å². The highest BCUT2D eigenvalue weighted by Crippen LogP contribution is 2.20. The molecule has 0 atom stereocenters. The molecule has 0 aliphatic heterocycles. The van der Waals surface area contributed by atoms with E-state index in [0.29, 0.717) is 27.7 Å². The highest BCUT2D eigenvalue weighted by atomic mass is 32.2. The predicted octanol–water partition coefficient (Wildman–Crippen LogP) is 1.46. The van der Waals surface area contributed by atoms with Gasteiger partial charge in [-0.25, -0.2) is 24.3 Å². The predicted molar refractivity (Wildman–Crippen MR) is 88.9 cm³/mol. The second-order valence-corrected chi connectivity index (χ2v) is 6.45. The van der Waals surface area contributed by atoms with Gasteiger partial charge in [0.25, 0.3) is 5.56 Å². The summed E-state index contributed by atoms with van der Waals surface area (Å²) in [5.74, 6) is 0.518. The molecule has 0 saturated carbocycles. The van der Waals surface area contributed by atoms with Gasteiger partial charge in [-0.2, -0.15) is 0 Å². The van der Waals surface area contributed by atoms with Crippen LogP contribution in [0.3, 0.4) is 0 Å². The van der Waals surface area contributed by atoms with Crippen LogP contribution in [0.25, 0.3) is 16.9 Å². The van der Waals surface area contributed by atoms with E-state index < -0.39 is 5.60 Å². The maximum absolute atomic E-state index is 12.4. The van der Waals surface area contributed by atoms with Gasteiger partial charge in [-0.3, -0.25) is 4.79 Å². The number of pyridine rings is 1. The van der Waals surface area contributed by atoms with Crippen LogP contribution >= 0.6 is 11.8 Å². The van der Waals surface area contributed by atoms with Crippen molar-refractivity contribution < 1.29 is 5.11 Å². The number of aliphatic hydroxyl groups is 1. The number of thioether (sulfide) groups is 1. The normalized spacial score (nSPS) is 12.0. The molecule has 3 rings (SSSR count). The topological polar surface area (TPSA) is 85.8 Å². The summed E-state index contributed by atoms with van der Waals surface area (Å²) >= 11 is 1.40. The first-order valence-corrected chi connectivity index (χ1v) is 8.24. The summed E-state index contributed by atoms with van der Waals surface area (Å²) in [6.07, 6.45) is 3.41. The Kier molecular flexibility index (Phi) is 3.73. The van der Waals surface area contributed by atoms with Crippen LogP contribution in [-0.2, 0) is 12.6 Å². The van der Waals surface area contributed by atoms with Crippen LogP contribution in [0.1, 0.15) is 19.5 Å². The monoisotopic (exact) mass is 331 g/mol. The van der Waals surface area contributed by atoms with Crippen LogP contribution in [0.4, 0.5) is 0 Å². The van der Waals surface area contributed by atoms with Gasteiger partial charge >= 0.3 is 0 Å². The third-order valence-corrected chi connectivity index (χ3v) is 4.09. The molecule has 23 heavy (non-hydrogen) atoms. The van der Waals surface area contributed by atoms with Gasteiger partial charge in [0, 0.05) is 13.2 Å². The third-order valence-electron chi connectivity index (χ3n) is 3.53. The van der Waals surface area contributed by atoms with Gasteiger partial charge in [0.1, 0.15) is 11.0 Å². The van der Waals surface area contributed by atoms with Crippen molar-refractivity contribution in [1.82, 2.24) is 24.3 Å². The SMILES string of the molecule is CSc1ncc2c(=O)n(C)n(-c3cccc(C(C)(C)O)n3)c2n1. The molecular formula is C15H17N5O2S. The van der Waals surface area contributed by atoms with E-state index in [0.717, 1.165) is 0 Å². The van der Waals surface area contributed by atoms with E-state index in [1.807, 2.05) is 6.26 Å². The molecule has 3 heterocycles. The van der Waals surface area contributed by atoms with Gasteiger partial charge in [-0.1, -0.05) is 17.8 Å². The molecule has 1 N–H and O–H groups in total. The molecule has 0 aromatic carbocycles. The van der Waals surface area contributed by atoms with Crippen molar-refractivity contribution in [2.75, 3.05) is 6.26 Å². The molecular weight excluding hydrogens is 314 g/mol. The van der Waals surface area contributed by atoms with Crippen LogP contribution < -0.4 is 5.56 Å². The van der Waals surface area contributed by atoms with Crippen molar-refractivity contribution in [2.45, 2.75) is 24.6 Å². The average Bonchev–Trinajstić information content (AvgIpc) is 2.77. The van der Waals surface area contributed by atoms with E-state index in [4.69, 9.17) is 0 Å². The molecule has 0 unspecified atom stereocenters. The second kappa shape index (κ2) is 5.47. The maximum atomic E-state index is 12.4. The number of rotatable bonds is 3. The Morgan fingerprint density at radius 3 is 2.65 bits per heavy atom. The summed E-state index contributed by atoms with van der Waals surface area (Å²) in [5.41, 5.74) is -0.249. The fourth-order valence-corrected chi connectivity index (χ4v) is 2.66. The number of nitrogens with zero attached hydrogens (tertiary/aromatic N) is 5. The lowest BCUT2D eigenvalue weighted by Gasteiger charge is -2.17. The second-order valence-electron chi connectivity index (χ2n) is 5.67. The van der Waals surface area contributed by atoms with Crippen molar-refractivity contribution in [3.8, 4) is 5.82 Å². The molecule has 0 aliphatic carbocycles. The van der Waals surface area contributed by atoms with Crippen molar-refractivity contribution >= 4 is 22.8 Å². The molecule has 8 heteroatoms. The zero-order valence-corrected chi connectivity index (χ0v) is 14.1. The molecule has 3 aromatic heterocycles. The highest BCUT2D eigenvalue weighted by molar-refractivity contribution is 7.98. The first-order valence-electron chi connectivity index (χ1n) is 7.02. The smallest absolute Gasteiger partial charge is 0.277 e. The lowest BCUT2D eigenvalue weighted by atomic mass is 10.1. The van der Waals surface area contributed by atoms with Crippen LogP contribution in [0.2, 0.25) is 0 Å². The fraction of sp³-hybridized carbons (Fsp3) is 0.333. The Morgan fingerprint density at radius 1 is 1.26 bits per heavy atom. The first kappa shape index (κ1) is 15.7. The van der Waals surface area contributed by atoms with Crippen LogP contribution in [0, 0.1) is 0 Å². The van der Waals surface area contributed by atoms with Gasteiger partial charge in [0.05, 0.1) is 5.69 Å². The maximum Gasteiger partial charge on any atom is 0.277 e. The summed E-state index contributed by atoms with van der Waals surface area (Å²) in [4.78, 5) is 25.5. The molecule has 120 valence electrons. The Labute approximate surface area is 137 Å². The van der Waals surface area contributed by atoms with Gasteiger partial charge in [0.2, 0.25) is 0 Å². The van der Waals surface area contributed by atoms with E-state index in [2.05, 4.69) is 15.0 Å². The summed E-state index contributed by atoms with van der Waals surface area (Å²) in [5, 5.41) is 11.2. The van der Waals surface area contributed by atoms with Crippen molar-refractivity contribution in [3.05, 3.63) is 40.4 Å². The Balaban J connectivity index is 2.32. The van der Waals surface area contributed by atoms with E-state index in [9.17, 15) is 9.90 Å². The van der Waals surface area contributed by atoms with E-state index in [-0.39, 0.29) is 5.56 Å². The quantitative estimate of drug-likeness (QED) is 0.578. The molecule has 0 radical (unpaired) electrons. The average molecular weight is 331 g/mol. The zero-order chi connectivity index (χ0) is 16.8. The van der Waals surface area contributed by atoms with E-state index >= 15 is 0 Å². The van der Waals surface area contributed by atoms with Crippen LogP contribution in [-0.4, -0.2) is 35.7 Å². The molecule has 0 spiro atoms. The molecule has 0 bridgehead atoms. The van der Waals surface area contributed by atoms with Gasteiger partial charge in [0.15, 0.2) is 16.6 Å².